The van der Waals surface area contributed by atoms with Gasteiger partial charge in [0.25, 0.3) is 10.0 Å². The summed E-state index contributed by atoms with van der Waals surface area (Å²) in [6, 6.07) is 29.1. The average molecular weight is 704 g/mol. The maximum absolute atomic E-state index is 14.8. The molecule has 0 fully saturated rings. The monoisotopic (exact) mass is 703 g/mol. The molecule has 0 saturated carbocycles. The molecule has 0 aliphatic rings. The van der Waals surface area contributed by atoms with Gasteiger partial charge in [-0.3, -0.25) is 13.9 Å². The van der Waals surface area contributed by atoms with E-state index in [4.69, 9.17) is 9.47 Å². The minimum absolute atomic E-state index is 0.0295. The molecular formula is C38H45N3O6S2. The predicted octanol–water partition coefficient (Wildman–Crippen LogP) is 6.57. The Labute approximate surface area is 294 Å². The molecule has 0 heterocycles. The lowest BCUT2D eigenvalue weighted by molar-refractivity contribution is -0.140. The number of methoxy groups -OCH3 is 1. The number of carbonyl (C=O) groups excluding carboxylic acids is 2. The highest BCUT2D eigenvalue weighted by Crippen LogP contribution is 2.33. The minimum Gasteiger partial charge on any atom is -0.497 e. The molecule has 9 nitrogen and oxygen atoms in total. The van der Waals surface area contributed by atoms with E-state index in [9.17, 15) is 18.0 Å². The second-order valence-corrected chi connectivity index (χ2v) is 14.1. The zero-order valence-corrected chi connectivity index (χ0v) is 30.1. The number of para-hydroxylation sites is 2. The van der Waals surface area contributed by atoms with Gasteiger partial charge in [0.15, 0.2) is 0 Å². The minimum atomic E-state index is -4.28. The van der Waals surface area contributed by atoms with Gasteiger partial charge >= 0.3 is 0 Å². The van der Waals surface area contributed by atoms with Crippen LogP contribution >= 0.6 is 11.8 Å². The number of nitrogens with one attached hydrogen (secondary N) is 1. The molecule has 0 spiro atoms. The first kappa shape index (κ1) is 37.3. The van der Waals surface area contributed by atoms with Crippen LogP contribution in [0.1, 0.15) is 37.8 Å². The quantitative estimate of drug-likeness (QED) is 0.0924. The van der Waals surface area contributed by atoms with Crippen molar-refractivity contribution in [3.63, 3.8) is 0 Å². The molecule has 4 aromatic rings. The standard InChI is InChI=1S/C38H45N3O6S2/c1-5-7-24-39-38(43)35(26-29-14-9-8-10-15-29)40(27-30-16-13-17-31(25-30)46-3)37(42)28-41(34-18-11-12-19-36(34)47-6-2)49(44,45)33-22-20-32(48-4)21-23-33/h8-23,25,35H,5-7,24,26-28H2,1-4H3,(H,39,43)/t35-/m1/s1. The molecule has 0 unspecified atom stereocenters. The van der Waals surface area contributed by atoms with Crippen LogP contribution < -0.4 is 19.1 Å². The number of anilines is 1. The summed E-state index contributed by atoms with van der Waals surface area (Å²) in [7, 11) is -2.72. The summed E-state index contributed by atoms with van der Waals surface area (Å²) in [5, 5.41) is 3.01. The van der Waals surface area contributed by atoms with E-state index < -0.39 is 28.5 Å². The van der Waals surface area contributed by atoms with Gasteiger partial charge in [-0.25, -0.2) is 8.42 Å². The molecule has 1 atom stereocenters. The van der Waals surface area contributed by atoms with Crippen molar-refractivity contribution in [2.24, 2.45) is 0 Å². The Morgan fingerprint density at radius 3 is 2.24 bits per heavy atom. The van der Waals surface area contributed by atoms with Crippen LogP contribution in [-0.4, -0.2) is 64.2 Å². The largest absolute Gasteiger partial charge is 0.497 e. The lowest BCUT2D eigenvalue weighted by Crippen LogP contribution is -2.53. The topological polar surface area (TPSA) is 105 Å². The molecule has 0 aliphatic heterocycles. The van der Waals surface area contributed by atoms with Gasteiger partial charge in [-0.1, -0.05) is 67.9 Å². The molecule has 1 N–H and O–H groups in total. The second kappa shape index (κ2) is 18.3. The van der Waals surface area contributed by atoms with Crippen LogP contribution in [0.4, 0.5) is 5.69 Å². The van der Waals surface area contributed by atoms with Crippen molar-refractivity contribution in [1.82, 2.24) is 10.2 Å². The van der Waals surface area contributed by atoms with Gasteiger partial charge in [-0.15, -0.1) is 11.8 Å². The number of sulfonamides is 1. The molecule has 11 heteroatoms. The lowest BCUT2D eigenvalue weighted by Gasteiger charge is -2.34. The third-order valence-corrected chi connectivity index (χ3v) is 10.5. The normalized spacial score (nSPS) is 11.8. The zero-order valence-electron chi connectivity index (χ0n) is 28.5. The van der Waals surface area contributed by atoms with Crippen molar-refractivity contribution in [3.05, 3.63) is 114 Å². The van der Waals surface area contributed by atoms with Crippen molar-refractivity contribution < 1.29 is 27.5 Å². The number of hydrogen-bond donors (Lipinski definition) is 1. The van der Waals surface area contributed by atoms with E-state index in [2.05, 4.69) is 5.32 Å². The van der Waals surface area contributed by atoms with E-state index in [1.807, 2.05) is 62.6 Å². The van der Waals surface area contributed by atoms with Crippen LogP contribution in [0.3, 0.4) is 0 Å². The number of hydrogen-bond acceptors (Lipinski definition) is 7. The number of unbranched alkanes of at least 4 members (excludes halogenated alkanes) is 1. The van der Waals surface area contributed by atoms with Gasteiger partial charge in [0, 0.05) is 24.4 Å². The molecule has 0 bridgehead atoms. The molecule has 49 heavy (non-hydrogen) atoms. The summed E-state index contributed by atoms with van der Waals surface area (Å²) in [6.45, 7) is 4.06. The van der Waals surface area contributed by atoms with Gasteiger partial charge in [0.2, 0.25) is 11.8 Å². The Hall–Kier alpha value is -4.48. The molecule has 0 aromatic heterocycles. The highest BCUT2D eigenvalue weighted by Gasteiger charge is 2.35. The summed E-state index contributed by atoms with van der Waals surface area (Å²) in [6.07, 6.45) is 3.81. The van der Waals surface area contributed by atoms with Crippen LogP contribution in [0.2, 0.25) is 0 Å². The molecule has 0 aliphatic carbocycles. The predicted molar refractivity (Wildman–Crippen MR) is 196 cm³/mol. The maximum atomic E-state index is 14.8. The molecule has 0 saturated heterocycles. The highest BCUT2D eigenvalue weighted by molar-refractivity contribution is 7.98. The van der Waals surface area contributed by atoms with Crippen molar-refractivity contribution in [2.45, 2.75) is 55.5 Å². The number of benzene rings is 4. The van der Waals surface area contributed by atoms with Gasteiger partial charge < -0.3 is 19.7 Å². The molecule has 4 rings (SSSR count). The smallest absolute Gasteiger partial charge is 0.264 e. The number of carbonyl (C=O) groups is 2. The van der Waals surface area contributed by atoms with Crippen molar-refractivity contribution in [2.75, 3.05) is 37.4 Å². The Bertz CT molecular complexity index is 1770. The second-order valence-electron chi connectivity index (χ2n) is 11.3. The van der Waals surface area contributed by atoms with E-state index in [-0.39, 0.29) is 29.5 Å². The fourth-order valence-corrected chi connectivity index (χ4v) is 7.19. The van der Waals surface area contributed by atoms with Crippen molar-refractivity contribution in [3.8, 4) is 11.5 Å². The third-order valence-electron chi connectivity index (χ3n) is 7.95. The number of nitrogens with zero attached hydrogens (tertiary/aromatic N) is 2. The van der Waals surface area contributed by atoms with Gasteiger partial charge in [0.1, 0.15) is 24.1 Å². The molecular weight excluding hydrogens is 659 g/mol. The summed E-state index contributed by atoms with van der Waals surface area (Å²) >= 11 is 1.50. The highest BCUT2D eigenvalue weighted by atomic mass is 32.2. The average Bonchev–Trinajstić information content (AvgIpc) is 3.13. The summed E-state index contributed by atoms with van der Waals surface area (Å²) < 4.78 is 41.3. The Morgan fingerprint density at radius 2 is 1.57 bits per heavy atom. The molecule has 0 radical (unpaired) electrons. The number of thioether (sulfide) groups is 1. The first-order chi connectivity index (χ1) is 23.7. The first-order valence-corrected chi connectivity index (χ1v) is 19.0. The van der Waals surface area contributed by atoms with Gasteiger partial charge in [-0.2, -0.15) is 0 Å². The number of rotatable bonds is 18. The van der Waals surface area contributed by atoms with E-state index in [1.165, 1.54) is 28.8 Å². The van der Waals surface area contributed by atoms with E-state index in [0.29, 0.717) is 24.7 Å². The van der Waals surface area contributed by atoms with Crippen molar-refractivity contribution in [1.29, 1.82) is 0 Å². The molecule has 260 valence electrons. The Morgan fingerprint density at radius 1 is 0.878 bits per heavy atom. The van der Waals surface area contributed by atoms with E-state index in [0.717, 1.165) is 33.2 Å². The third kappa shape index (κ3) is 10.0. The van der Waals surface area contributed by atoms with E-state index in [1.54, 1.807) is 55.6 Å². The number of amides is 2. The SMILES string of the molecule is CCCCNC(=O)[C@@H](Cc1ccccc1)N(Cc1cccc(OC)c1)C(=O)CN(c1ccccc1OCC)S(=O)(=O)c1ccc(SC)cc1. The maximum Gasteiger partial charge on any atom is 0.264 e. The van der Waals surface area contributed by atoms with Crippen LogP contribution in [0.25, 0.3) is 0 Å². The molecule has 2 amide bonds. The summed E-state index contributed by atoms with van der Waals surface area (Å²) in [5.74, 6) is 0.0513. The Kier molecular flexibility index (Phi) is 14.0. The van der Waals surface area contributed by atoms with Crippen LogP contribution in [-0.2, 0) is 32.6 Å². The van der Waals surface area contributed by atoms with Crippen molar-refractivity contribution >= 4 is 39.3 Å². The summed E-state index contributed by atoms with van der Waals surface area (Å²) in [5.41, 5.74) is 1.81. The summed E-state index contributed by atoms with van der Waals surface area (Å²) in [4.78, 5) is 31.1. The van der Waals surface area contributed by atoms with Gasteiger partial charge in [0.05, 0.1) is 24.3 Å². The van der Waals surface area contributed by atoms with Crippen LogP contribution in [0.15, 0.2) is 113 Å². The van der Waals surface area contributed by atoms with Gasteiger partial charge in [-0.05, 0) is 79.3 Å². The fourth-order valence-electron chi connectivity index (χ4n) is 5.36. The first-order valence-electron chi connectivity index (χ1n) is 16.3. The Balaban J connectivity index is 1.84. The number of ether oxygens (including phenoxy) is 2. The lowest BCUT2D eigenvalue weighted by atomic mass is 10.0. The van der Waals surface area contributed by atoms with E-state index >= 15 is 0 Å². The molecule has 4 aromatic carbocycles. The van der Waals surface area contributed by atoms with Crippen LogP contribution in [0, 0.1) is 0 Å². The fraction of sp³-hybridized carbons (Fsp3) is 0.316. The zero-order chi connectivity index (χ0) is 35.2. The van der Waals surface area contributed by atoms with Crippen LogP contribution in [0.5, 0.6) is 11.5 Å².